The van der Waals surface area contributed by atoms with Crippen LogP contribution in [0.2, 0.25) is 0 Å². The van der Waals surface area contributed by atoms with Gasteiger partial charge < -0.3 is 0 Å². The second-order valence-corrected chi connectivity index (χ2v) is 5.32. The normalized spacial score (nSPS) is 21.7. The molecule has 15 heavy (non-hydrogen) atoms. The fourth-order valence-electron chi connectivity index (χ4n) is 2.14. The van der Waals surface area contributed by atoms with Crippen LogP contribution in [0.15, 0.2) is 23.8 Å². The quantitative estimate of drug-likeness (QED) is 0.492. The third-order valence-corrected chi connectivity index (χ3v) is 3.18. The van der Waals surface area contributed by atoms with Crippen molar-refractivity contribution >= 4 is 6.29 Å². The van der Waals surface area contributed by atoms with Crippen LogP contribution in [0.25, 0.3) is 0 Å². The summed E-state index contributed by atoms with van der Waals surface area (Å²) in [6, 6.07) is 0. The molecule has 0 amide bonds. The van der Waals surface area contributed by atoms with Crippen LogP contribution in [-0.4, -0.2) is 6.29 Å². The van der Waals surface area contributed by atoms with Crippen molar-refractivity contribution < 1.29 is 4.79 Å². The molecule has 0 bridgehead atoms. The molecule has 83 valence electrons. The van der Waals surface area contributed by atoms with Crippen LogP contribution in [0.3, 0.4) is 0 Å². The number of hydrogen-bond acceptors (Lipinski definition) is 1. The molecule has 0 aromatic rings. The van der Waals surface area contributed by atoms with Gasteiger partial charge in [-0.25, -0.2) is 0 Å². The minimum atomic E-state index is 0.468. The van der Waals surface area contributed by atoms with Gasteiger partial charge in [0.1, 0.15) is 0 Å². The van der Waals surface area contributed by atoms with Crippen molar-refractivity contribution in [2.24, 2.45) is 11.3 Å². The van der Waals surface area contributed by atoms with Crippen LogP contribution >= 0.6 is 0 Å². The van der Waals surface area contributed by atoms with Crippen LogP contribution in [-0.2, 0) is 4.79 Å². The Bertz CT molecular complexity index is 271. The molecule has 0 aromatic carbocycles. The fraction of sp³-hybridized carbons (Fsp3) is 0.643. The molecule has 0 saturated heterocycles. The average Bonchev–Trinajstić information content (AvgIpc) is 2.53. The van der Waals surface area contributed by atoms with Gasteiger partial charge >= 0.3 is 0 Å². The number of rotatable bonds is 5. The Morgan fingerprint density at radius 3 is 2.87 bits per heavy atom. The molecule has 1 aliphatic rings. The van der Waals surface area contributed by atoms with Crippen LogP contribution in [0, 0.1) is 11.3 Å². The number of hydrogen-bond donors (Lipinski definition) is 0. The largest absolute Gasteiger partial charge is 0.286 e. The molecular weight excluding hydrogens is 184 g/mol. The average molecular weight is 205 g/mol. The SMILES string of the molecule is CC(CC/C=C/[C]=O)C1=CCC(C)(C)C1. The predicted molar refractivity (Wildman–Crippen MR) is 64.3 cm³/mol. The molecule has 0 heterocycles. The summed E-state index contributed by atoms with van der Waals surface area (Å²) in [5.41, 5.74) is 2.07. The van der Waals surface area contributed by atoms with E-state index in [9.17, 15) is 4.79 Å². The first-order valence-corrected chi connectivity index (χ1v) is 5.77. The monoisotopic (exact) mass is 205 g/mol. The topological polar surface area (TPSA) is 17.1 Å². The molecule has 0 saturated carbocycles. The Morgan fingerprint density at radius 1 is 1.60 bits per heavy atom. The summed E-state index contributed by atoms with van der Waals surface area (Å²) >= 11 is 0. The van der Waals surface area contributed by atoms with E-state index in [1.807, 2.05) is 6.08 Å². The maximum absolute atomic E-state index is 9.97. The van der Waals surface area contributed by atoms with E-state index in [0.29, 0.717) is 11.3 Å². The third-order valence-electron chi connectivity index (χ3n) is 3.18. The Morgan fingerprint density at radius 2 is 2.33 bits per heavy atom. The van der Waals surface area contributed by atoms with E-state index in [0.717, 1.165) is 12.8 Å². The van der Waals surface area contributed by atoms with Gasteiger partial charge in [-0.3, -0.25) is 4.79 Å². The first-order valence-electron chi connectivity index (χ1n) is 5.77. The minimum absolute atomic E-state index is 0.468. The zero-order valence-electron chi connectivity index (χ0n) is 10.0. The maximum Gasteiger partial charge on any atom is 0.225 e. The Kier molecular flexibility index (Phi) is 4.31. The molecule has 1 radical (unpaired) electrons. The molecule has 1 unspecified atom stereocenters. The van der Waals surface area contributed by atoms with E-state index in [-0.39, 0.29) is 0 Å². The zero-order chi connectivity index (χ0) is 11.3. The van der Waals surface area contributed by atoms with Crippen LogP contribution in [0.5, 0.6) is 0 Å². The van der Waals surface area contributed by atoms with Gasteiger partial charge in [0.2, 0.25) is 6.29 Å². The second kappa shape index (κ2) is 5.29. The lowest BCUT2D eigenvalue weighted by atomic mass is 9.86. The van der Waals surface area contributed by atoms with Crippen molar-refractivity contribution in [1.29, 1.82) is 0 Å². The van der Waals surface area contributed by atoms with Gasteiger partial charge in [0.05, 0.1) is 0 Å². The molecule has 1 rings (SSSR count). The first kappa shape index (κ1) is 12.2. The summed E-state index contributed by atoms with van der Waals surface area (Å²) in [7, 11) is 0. The van der Waals surface area contributed by atoms with Gasteiger partial charge in [-0.2, -0.15) is 0 Å². The van der Waals surface area contributed by atoms with Crippen molar-refractivity contribution in [1.82, 2.24) is 0 Å². The zero-order valence-corrected chi connectivity index (χ0v) is 10.0. The molecule has 0 aromatic heterocycles. The van der Waals surface area contributed by atoms with Crippen molar-refractivity contribution in [3.05, 3.63) is 23.8 Å². The lowest BCUT2D eigenvalue weighted by Gasteiger charge is -2.19. The van der Waals surface area contributed by atoms with E-state index in [1.165, 1.54) is 18.9 Å². The molecule has 1 heteroatoms. The van der Waals surface area contributed by atoms with E-state index in [1.54, 1.807) is 11.9 Å². The summed E-state index contributed by atoms with van der Waals surface area (Å²) in [6.07, 6.45) is 12.1. The third kappa shape index (κ3) is 4.03. The highest BCUT2D eigenvalue weighted by Gasteiger charge is 2.26. The summed E-state index contributed by atoms with van der Waals surface area (Å²) in [5, 5.41) is 0. The predicted octanol–water partition coefficient (Wildman–Crippen LogP) is 3.82. The number of allylic oxidation sites excluding steroid dienone is 4. The van der Waals surface area contributed by atoms with Crippen molar-refractivity contribution in [2.45, 2.75) is 46.5 Å². The molecule has 1 nitrogen and oxygen atoms in total. The summed E-state index contributed by atoms with van der Waals surface area (Å²) < 4.78 is 0. The molecule has 1 aliphatic carbocycles. The van der Waals surface area contributed by atoms with Crippen LogP contribution in [0.4, 0.5) is 0 Å². The molecule has 1 atom stereocenters. The number of carbonyl (C=O) groups excluding carboxylic acids is 1. The summed E-state index contributed by atoms with van der Waals surface area (Å²) in [4.78, 5) is 9.97. The van der Waals surface area contributed by atoms with Crippen molar-refractivity contribution in [3.8, 4) is 0 Å². The fourth-order valence-corrected chi connectivity index (χ4v) is 2.14. The smallest absolute Gasteiger partial charge is 0.225 e. The Balaban J connectivity index is 2.32. The van der Waals surface area contributed by atoms with Gasteiger partial charge in [0.25, 0.3) is 0 Å². The lowest BCUT2D eigenvalue weighted by Crippen LogP contribution is -2.07. The van der Waals surface area contributed by atoms with Gasteiger partial charge in [0.15, 0.2) is 0 Å². The molecule has 0 fully saturated rings. The second-order valence-electron chi connectivity index (χ2n) is 5.32. The lowest BCUT2D eigenvalue weighted by molar-refractivity contribution is 0.382. The highest BCUT2D eigenvalue weighted by atomic mass is 16.1. The van der Waals surface area contributed by atoms with Crippen molar-refractivity contribution in [3.63, 3.8) is 0 Å². The Hall–Kier alpha value is -0.850. The molecule has 0 aliphatic heterocycles. The molecule has 0 spiro atoms. The molecular formula is C14H21O. The highest BCUT2D eigenvalue weighted by molar-refractivity contribution is 5.65. The van der Waals surface area contributed by atoms with Crippen LogP contribution in [0.1, 0.15) is 46.5 Å². The van der Waals surface area contributed by atoms with Gasteiger partial charge in [0, 0.05) is 0 Å². The van der Waals surface area contributed by atoms with E-state index >= 15 is 0 Å². The van der Waals surface area contributed by atoms with Gasteiger partial charge in [-0.15, -0.1) is 0 Å². The summed E-state index contributed by atoms with van der Waals surface area (Å²) in [6.45, 7) is 6.93. The van der Waals surface area contributed by atoms with E-state index in [2.05, 4.69) is 26.8 Å². The van der Waals surface area contributed by atoms with Crippen molar-refractivity contribution in [2.75, 3.05) is 0 Å². The standard InChI is InChI=1S/C14H21O/c1-12(7-5-4-6-10-15)13-8-9-14(2,3)11-13/h4,6,8,12H,5,7,9,11H2,1-3H3/b6-4+. The van der Waals surface area contributed by atoms with Crippen LogP contribution < -0.4 is 0 Å². The molecule has 0 N–H and O–H groups in total. The Labute approximate surface area is 93.3 Å². The van der Waals surface area contributed by atoms with E-state index < -0.39 is 0 Å². The minimum Gasteiger partial charge on any atom is -0.286 e. The highest BCUT2D eigenvalue weighted by Crippen LogP contribution is 2.40. The van der Waals surface area contributed by atoms with E-state index in [4.69, 9.17) is 0 Å². The first-order chi connectivity index (χ1) is 7.05. The summed E-state index contributed by atoms with van der Waals surface area (Å²) in [5.74, 6) is 0.656. The maximum atomic E-state index is 9.97. The van der Waals surface area contributed by atoms with Gasteiger partial charge in [-0.05, 0) is 43.1 Å². The van der Waals surface area contributed by atoms with Gasteiger partial charge in [-0.1, -0.05) is 38.5 Å².